The van der Waals surface area contributed by atoms with Crippen molar-refractivity contribution in [1.82, 2.24) is 10.2 Å². The summed E-state index contributed by atoms with van der Waals surface area (Å²) in [5.74, 6) is 1.52. The molecule has 0 bridgehead atoms. The molecule has 0 unspecified atom stereocenters. The molecule has 0 aromatic rings. The van der Waals surface area contributed by atoms with E-state index in [0.29, 0.717) is 25.9 Å². The Morgan fingerprint density at radius 1 is 1.50 bits per heavy atom. The lowest BCUT2D eigenvalue weighted by Crippen LogP contribution is -2.48. The molecule has 0 spiro atoms. The van der Waals surface area contributed by atoms with E-state index in [4.69, 9.17) is 11.5 Å². The number of carbonyl (C=O) groups excluding carboxylic acids is 1. The third-order valence-corrected chi connectivity index (χ3v) is 3.01. The van der Waals surface area contributed by atoms with Gasteiger partial charge < -0.3 is 15.3 Å². The summed E-state index contributed by atoms with van der Waals surface area (Å²) in [4.78, 5) is 24.1. The van der Waals surface area contributed by atoms with Gasteiger partial charge in [-0.05, 0) is 19.8 Å². The lowest BCUT2D eigenvalue weighted by atomic mass is 9.80. The third kappa shape index (κ3) is 2.66. The molecular formula is C11H16N2O3. The molecule has 88 valence electrons. The van der Waals surface area contributed by atoms with Crippen molar-refractivity contribution in [3.8, 4) is 12.3 Å². The maximum atomic E-state index is 11.5. The second kappa shape index (κ2) is 4.88. The van der Waals surface area contributed by atoms with Crippen molar-refractivity contribution in [2.24, 2.45) is 5.41 Å². The Hall–Kier alpha value is -1.70. The molecule has 1 fully saturated rings. The highest BCUT2D eigenvalue weighted by atomic mass is 16.4. The average Bonchev–Trinajstić information content (AvgIpc) is 2.26. The Morgan fingerprint density at radius 3 is 2.50 bits per heavy atom. The normalized spacial score (nSPS) is 18.6. The number of carbonyl (C=O) groups is 2. The number of aliphatic carboxylic acids is 1. The lowest BCUT2D eigenvalue weighted by Gasteiger charge is -2.36. The molecule has 5 heteroatoms. The van der Waals surface area contributed by atoms with Crippen LogP contribution >= 0.6 is 0 Å². The van der Waals surface area contributed by atoms with E-state index in [1.165, 1.54) is 0 Å². The number of carboxylic acid groups (broad SMARTS) is 1. The van der Waals surface area contributed by atoms with Crippen LogP contribution in [0.5, 0.6) is 0 Å². The fourth-order valence-corrected chi connectivity index (χ4v) is 1.66. The Kier molecular flexibility index (Phi) is 3.78. The van der Waals surface area contributed by atoms with Crippen molar-refractivity contribution in [2.45, 2.75) is 19.8 Å². The van der Waals surface area contributed by atoms with Crippen LogP contribution in [0.2, 0.25) is 0 Å². The second-order valence-corrected chi connectivity index (χ2v) is 4.22. The number of nitrogens with zero attached hydrogens (tertiary/aromatic N) is 1. The Bertz CT molecular complexity index is 325. The van der Waals surface area contributed by atoms with Crippen molar-refractivity contribution >= 4 is 12.0 Å². The number of hydrogen-bond donors (Lipinski definition) is 2. The molecule has 5 nitrogen and oxygen atoms in total. The lowest BCUT2D eigenvalue weighted by molar-refractivity contribution is -0.150. The maximum absolute atomic E-state index is 11.5. The first-order valence-electron chi connectivity index (χ1n) is 5.19. The molecule has 16 heavy (non-hydrogen) atoms. The molecule has 0 aromatic carbocycles. The highest BCUT2D eigenvalue weighted by molar-refractivity contribution is 5.77. The van der Waals surface area contributed by atoms with E-state index >= 15 is 0 Å². The molecule has 1 aliphatic rings. The van der Waals surface area contributed by atoms with Gasteiger partial charge in [-0.1, -0.05) is 5.92 Å². The summed E-state index contributed by atoms with van der Waals surface area (Å²) in [5.41, 5.74) is -0.705. The standard InChI is InChI=1S/C11H16N2O3/c1-3-6-12-10(16)13-7-4-11(2,5-8-13)9(14)15/h1H,4-8H2,2H3,(H,12,16)(H,14,15). The smallest absolute Gasteiger partial charge is 0.318 e. The number of likely N-dealkylation sites (tertiary alicyclic amines) is 1. The van der Waals surface area contributed by atoms with E-state index in [2.05, 4.69) is 11.2 Å². The zero-order valence-electron chi connectivity index (χ0n) is 9.32. The van der Waals surface area contributed by atoms with Crippen LogP contribution in [-0.2, 0) is 4.79 Å². The van der Waals surface area contributed by atoms with Gasteiger partial charge in [0.05, 0.1) is 12.0 Å². The summed E-state index contributed by atoms with van der Waals surface area (Å²) in [5, 5.41) is 11.6. The first-order chi connectivity index (χ1) is 7.49. The van der Waals surface area contributed by atoms with Crippen molar-refractivity contribution in [2.75, 3.05) is 19.6 Å². The average molecular weight is 224 g/mol. The first-order valence-corrected chi connectivity index (χ1v) is 5.19. The number of nitrogens with one attached hydrogen (secondary N) is 1. The molecule has 2 amide bonds. The van der Waals surface area contributed by atoms with Crippen LogP contribution in [0.4, 0.5) is 4.79 Å². The van der Waals surface area contributed by atoms with Gasteiger partial charge in [-0.2, -0.15) is 0 Å². The Labute approximate surface area is 94.8 Å². The van der Waals surface area contributed by atoms with Crippen molar-refractivity contribution in [3.05, 3.63) is 0 Å². The van der Waals surface area contributed by atoms with Crippen LogP contribution in [0.3, 0.4) is 0 Å². The minimum absolute atomic E-state index is 0.200. The summed E-state index contributed by atoms with van der Waals surface area (Å²) in [6.45, 7) is 2.83. The van der Waals surface area contributed by atoms with Gasteiger partial charge in [-0.3, -0.25) is 4.79 Å². The second-order valence-electron chi connectivity index (χ2n) is 4.22. The van der Waals surface area contributed by atoms with Crippen molar-refractivity contribution < 1.29 is 14.7 Å². The minimum Gasteiger partial charge on any atom is -0.481 e. The number of terminal acetylenes is 1. The molecule has 1 saturated heterocycles. The fourth-order valence-electron chi connectivity index (χ4n) is 1.66. The quantitative estimate of drug-likeness (QED) is 0.672. The van der Waals surface area contributed by atoms with Gasteiger partial charge in [0.2, 0.25) is 0 Å². The zero-order chi connectivity index (χ0) is 12.2. The number of carboxylic acids is 1. The third-order valence-electron chi connectivity index (χ3n) is 3.01. The number of hydrogen-bond acceptors (Lipinski definition) is 2. The number of piperidine rings is 1. The maximum Gasteiger partial charge on any atom is 0.318 e. The van der Waals surface area contributed by atoms with Crippen molar-refractivity contribution in [1.29, 1.82) is 0 Å². The summed E-state index contributed by atoms with van der Waals surface area (Å²) < 4.78 is 0. The van der Waals surface area contributed by atoms with Gasteiger partial charge in [-0.25, -0.2) is 4.79 Å². The minimum atomic E-state index is -0.795. The van der Waals surface area contributed by atoms with Crippen LogP contribution in [-0.4, -0.2) is 41.6 Å². The van der Waals surface area contributed by atoms with E-state index in [1.807, 2.05) is 0 Å². The molecule has 0 aromatic heterocycles. The van der Waals surface area contributed by atoms with E-state index in [9.17, 15) is 9.59 Å². The zero-order valence-corrected chi connectivity index (χ0v) is 9.32. The fraction of sp³-hybridized carbons (Fsp3) is 0.636. The van der Waals surface area contributed by atoms with Crippen LogP contribution in [0.1, 0.15) is 19.8 Å². The van der Waals surface area contributed by atoms with Crippen LogP contribution < -0.4 is 5.32 Å². The van der Waals surface area contributed by atoms with Gasteiger partial charge >= 0.3 is 12.0 Å². The van der Waals surface area contributed by atoms with Crippen LogP contribution in [0.25, 0.3) is 0 Å². The molecule has 0 aliphatic carbocycles. The summed E-state index contributed by atoms with van der Waals surface area (Å²) in [6.07, 6.45) is 5.98. The van der Waals surface area contributed by atoms with Gasteiger partial charge in [-0.15, -0.1) is 6.42 Å². The highest BCUT2D eigenvalue weighted by Crippen LogP contribution is 2.30. The van der Waals surface area contributed by atoms with Gasteiger partial charge in [0.15, 0.2) is 0 Å². The summed E-state index contributed by atoms with van der Waals surface area (Å²) in [7, 11) is 0. The summed E-state index contributed by atoms with van der Waals surface area (Å²) in [6, 6.07) is -0.217. The van der Waals surface area contributed by atoms with Crippen LogP contribution in [0, 0.1) is 17.8 Å². The van der Waals surface area contributed by atoms with E-state index in [0.717, 1.165) is 0 Å². The Balaban J connectivity index is 2.46. The SMILES string of the molecule is C#CCNC(=O)N1CCC(C)(C(=O)O)CC1. The topological polar surface area (TPSA) is 69.6 Å². The number of urea groups is 1. The Morgan fingerprint density at radius 2 is 2.06 bits per heavy atom. The molecule has 0 atom stereocenters. The largest absolute Gasteiger partial charge is 0.481 e. The highest BCUT2D eigenvalue weighted by Gasteiger charge is 2.37. The summed E-state index contributed by atoms with van der Waals surface area (Å²) >= 11 is 0. The van der Waals surface area contributed by atoms with E-state index in [-0.39, 0.29) is 12.6 Å². The molecule has 1 aliphatic heterocycles. The monoisotopic (exact) mass is 224 g/mol. The van der Waals surface area contributed by atoms with Crippen LogP contribution in [0.15, 0.2) is 0 Å². The molecule has 2 N–H and O–H groups in total. The predicted octanol–water partition coefficient (Wildman–Crippen LogP) is 0.516. The number of rotatable bonds is 2. The predicted molar refractivity (Wildman–Crippen MR) is 58.8 cm³/mol. The molecule has 0 saturated carbocycles. The van der Waals surface area contributed by atoms with E-state index in [1.54, 1.807) is 11.8 Å². The van der Waals surface area contributed by atoms with E-state index < -0.39 is 11.4 Å². The number of amides is 2. The molecule has 0 radical (unpaired) electrons. The molecule has 1 heterocycles. The molecular weight excluding hydrogens is 208 g/mol. The molecule has 1 rings (SSSR count). The first kappa shape index (κ1) is 12.4. The van der Waals surface area contributed by atoms with Crippen molar-refractivity contribution in [3.63, 3.8) is 0 Å². The van der Waals surface area contributed by atoms with Gasteiger partial charge in [0, 0.05) is 13.1 Å². The van der Waals surface area contributed by atoms with Gasteiger partial charge in [0.25, 0.3) is 0 Å². The van der Waals surface area contributed by atoms with Gasteiger partial charge in [0.1, 0.15) is 0 Å².